The Kier molecular flexibility index (Phi) is 6.03. The maximum atomic E-state index is 11.8. The number of amides is 1. The highest BCUT2D eigenvalue weighted by atomic mass is 32.1. The van der Waals surface area contributed by atoms with Crippen molar-refractivity contribution in [3.63, 3.8) is 0 Å². The Morgan fingerprint density at radius 3 is 2.53 bits per heavy atom. The number of benzene rings is 1. The lowest BCUT2D eigenvalue weighted by atomic mass is 9.96. The van der Waals surface area contributed by atoms with Gasteiger partial charge in [-0.05, 0) is 5.56 Å². The van der Waals surface area contributed by atoms with Crippen LogP contribution in [0.3, 0.4) is 0 Å². The molecule has 19 heavy (non-hydrogen) atoms. The number of nitrogens with zero attached hydrogens (tertiary/aromatic N) is 1. The van der Waals surface area contributed by atoms with Crippen molar-refractivity contribution in [2.75, 3.05) is 19.6 Å². The van der Waals surface area contributed by atoms with Crippen molar-refractivity contribution < 1.29 is 9.53 Å². The van der Waals surface area contributed by atoms with Gasteiger partial charge in [0.1, 0.15) is 6.61 Å². The monoisotopic (exact) mass is 300 g/mol. The lowest BCUT2D eigenvalue weighted by Crippen LogP contribution is -2.51. The zero-order chi connectivity index (χ0) is 11.7. The highest BCUT2D eigenvalue weighted by molar-refractivity contribution is 7.59. The molecule has 2 heterocycles. The highest BCUT2D eigenvalue weighted by Crippen LogP contribution is 2.23. The summed E-state index contributed by atoms with van der Waals surface area (Å²) in [4.78, 5) is 13.6. The van der Waals surface area contributed by atoms with E-state index in [-0.39, 0.29) is 33.1 Å². The number of nitrogens with one attached hydrogen (secondary N) is 1. The van der Waals surface area contributed by atoms with Crippen LogP contribution in [0.5, 0.6) is 0 Å². The van der Waals surface area contributed by atoms with Crippen LogP contribution in [0.15, 0.2) is 30.3 Å². The average molecular weight is 300 g/mol. The van der Waals surface area contributed by atoms with E-state index in [0.29, 0.717) is 18.6 Å². The molecule has 2 aliphatic rings. The molecule has 3 rings (SSSR count). The van der Waals surface area contributed by atoms with Crippen LogP contribution in [0, 0.1) is 5.92 Å². The maximum absolute atomic E-state index is 11.8. The van der Waals surface area contributed by atoms with Crippen molar-refractivity contribution in [2.45, 2.75) is 12.6 Å². The first kappa shape index (κ1) is 16.2. The molecule has 0 radical (unpaired) electrons. The van der Waals surface area contributed by atoms with Gasteiger partial charge in [0.25, 0.3) is 0 Å². The Morgan fingerprint density at radius 1 is 1.26 bits per heavy atom. The van der Waals surface area contributed by atoms with Crippen LogP contribution in [0.4, 0.5) is 4.79 Å². The summed E-state index contributed by atoms with van der Waals surface area (Å²) in [5.74, 6) is 0.638. The third-order valence-corrected chi connectivity index (χ3v) is 3.55. The predicted octanol–water partition coefficient (Wildman–Crippen LogP) is 1.45. The van der Waals surface area contributed by atoms with Gasteiger partial charge in [-0.2, -0.15) is 27.0 Å². The van der Waals surface area contributed by atoms with Crippen molar-refractivity contribution in [1.82, 2.24) is 10.2 Å². The molecule has 1 N–H and O–H groups in total. The van der Waals surface area contributed by atoms with E-state index in [1.165, 1.54) is 0 Å². The molecule has 2 saturated heterocycles. The molecule has 2 fully saturated rings. The van der Waals surface area contributed by atoms with Crippen LogP contribution in [0.25, 0.3) is 0 Å². The van der Waals surface area contributed by atoms with Crippen molar-refractivity contribution in [3.05, 3.63) is 35.9 Å². The Bertz CT molecular complexity index is 404. The molecule has 0 bridgehead atoms. The van der Waals surface area contributed by atoms with Crippen molar-refractivity contribution >= 4 is 33.1 Å². The quantitative estimate of drug-likeness (QED) is 0.899. The molecular formula is C13H20N2O2S2. The van der Waals surface area contributed by atoms with Gasteiger partial charge < -0.3 is 15.0 Å². The minimum absolute atomic E-state index is 0. The lowest BCUT2D eigenvalue weighted by molar-refractivity contribution is 0.103. The van der Waals surface area contributed by atoms with E-state index >= 15 is 0 Å². The summed E-state index contributed by atoms with van der Waals surface area (Å²) in [6.07, 6.45) is -0.190. The summed E-state index contributed by atoms with van der Waals surface area (Å²) in [5, 5.41) is 3.32. The minimum Gasteiger partial charge on any atom is -0.445 e. The first-order valence-corrected chi connectivity index (χ1v) is 6.02. The van der Waals surface area contributed by atoms with Gasteiger partial charge in [-0.1, -0.05) is 30.3 Å². The van der Waals surface area contributed by atoms with E-state index in [1.807, 2.05) is 30.3 Å². The van der Waals surface area contributed by atoms with Gasteiger partial charge in [0.15, 0.2) is 0 Å². The maximum Gasteiger partial charge on any atom is 0.410 e. The van der Waals surface area contributed by atoms with Crippen molar-refractivity contribution in [2.24, 2.45) is 5.92 Å². The number of ether oxygens (including phenoxy) is 1. The second-order valence-corrected chi connectivity index (χ2v) is 4.72. The fraction of sp³-hybridized carbons (Fsp3) is 0.462. The molecule has 4 nitrogen and oxygen atoms in total. The number of hydrogen-bond acceptors (Lipinski definition) is 3. The average Bonchev–Trinajstić information content (AvgIpc) is 2.64. The number of carbonyl (C=O) groups is 1. The van der Waals surface area contributed by atoms with E-state index in [9.17, 15) is 4.79 Å². The molecule has 2 atom stereocenters. The van der Waals surface area contributed by atoms with Gasteiger partial charge in [0, 0.05) is 31.6 Å². The Hall–Kier alpha value is -0.850. The van der Waals surface area contributed by atoms with Crippen LogP contribution >= 0.6 is 27.0 Å². The third-order valence-electron chi connectivity index (χ3n) is 3.55. The van der Waals surface area contributed by atoms with Crippen LogP contribution in [0.1, 0.15) is 5.56 Å². The largest absolute Gasteiger partial charge is 0.445 e. The summed E-state index contributed by atoms with van der Waals surface area (Å²) in [6, 6.07) is 10.3. The van der Waals surface area contributed by atoms with E-state index in [2.05, 4.69) is 5.32 Å². The second kappa shape index (κ2) is 7.07. The van der Waals surface area contributed by atoms with Crippen molar-refractivity contribution in [3.8, 4) is 0 Å². The van der Waals surface area contributed by atoms with Gasteiger partial charge in [-0.15, -0.1) is 0 Å². The summed E-state index contributed by atoms with van der Waals surface area (Å²) in [7, 11) is 0. The van der Waals surface area contributed by atoms with Crippen molar-refractivity contribution in [1.29, 1.82) is 0 Å². The molecule has 0 unspecified atom stereocenters. The summed E-state index contributed by atoms with van der Waals surface area (Å²) < 4.78 is 5.30. The van der Waals surface area contributed by atoms with E-state index in [4.69, 9.17) is 4.74 Å². The third kappa shape index (κ3) is 3.58. The predicted molar refractivity (Wildman–Crippen MR) is 84.2 cm³/mol. The van der Waals surface area contributed by atoms with E-state index in [0.717, 1.165) is 25.2 Å². The fourth-order valence-electron chi connectivity index (χ4n) is 2.41. The molecule has 0 aromatic heterocycles. The second-order valence-electron chi connectivity index (χ2n) is 4.72. The van der Waals surface area contributed by atoms with Gasteiger partial charge in [-0.3, -0.25) is 0 Å². The zero-order valence-corrected chi connectivity index (χ0v) is 12.6. The van der Waals surface area contributed by atoms with E-state index in [1.54, 1.807) is 4.90 Å². The number of hydrogen-bond donors (Lipinski definition) is 1. The molecule has 0 spiro atoms. The fourth-order valence-corrected chi connectivity index (χ4v) is 2.41. The molecule has 0 aliphatic carbocycles. The first-order valence-electron chi connectivity index (χ1n) is 6.02. The van der Waals surface area contributed by atoms with Gasteiger partial charge in [0.05, 0.1) is 0 Å². The number of rotatable bonds is 2. The molecular weight excluding hydrogens is 280 g/mol. The molecule has 6 heteroatoms. The molecule has 106 valence electrons. The standard InChI is InChI=1S/C13H16N2O2.2H2S/c16-13(15-7-11-6-14-12(11)8-15)17-9-10-4-2-1-3-5-10;;/h1-5,11-12,14H,6-9H2;2*1H2/t11-,12+;;/m0../s1. The van der Waals surface area contributed by atoms with Crippen LogP contribution in [-0.4, -0.2) is 36.7 Å². The Labute approximate surface area is 127 Å². The SMILES string of the molecule is O=C(OCc1ccccc1)N1C[C@@H]2CN[C@@H]2C1.S.S. The summed E-state index contributed by atoms with van der Waals surface area (Å²) in [6.45, 7) is 3.02. The topological polar surface area (TPSA) is 41.6 Å². The molecule has 0 saturated carbocycles. The summed E-state index contributed by atoms with van der Waals surface area (Å²) >= 11 is 0. The highest BCUT2D eigenvalue weighted by Gasteiger charge is 2.41. The van der Waals surface area contributed by atoms with Crippen LogP contribution in [-0.2, 0) is 11.3 Å². The zero-order valence-electron chi connectivity index (χ0n) is 10.6. The lowest BCUT2D eigenvalue weighted by Gasteiger charge is -2.29. The van der Waals surface area contributed by atoms with Gasteiger partial charge in [-0.25, -0.2) is 4.79 Å². The smallest absolute Gasteiger partial charge is 0.410 e. The number of carbonyl (C=O) groups excluding carboxylic acids is 1. The Balaban J connectivity index is 0.000000902. The molecule has 2 aliphatic heterocycles. The number of fused-ring (bicyclic) bond motifs is 1. The van der Waals surface area contributed by atoms with E-state index < -0.39 is 0 Å². The van der Waals surface area contributed by atoms with Gasteiger partial charge >= 0.3 is 6.09 Å². The van der Waals surface area contributed by atoms with Gasteiger partial charge in [0.2, 0.25) is 0 Å². The normalized spacial score (nSPS) is 23.5. The molecule has 1 amide bonds. The molecule has 1 aromatic carbocycles. The first-order chi connectivity index (χ1) is 8.33. The molecule has 1 aromatic rings. The van der Waals surface area contributed by atoms with Crippen LogP contribution in [0.2, 0.25) is 0 Å². The van der Waals surface area contributed by atoms with Crippen LogP contribution < -0.4 is 5.32 Å². The summed E-state index contributed by atoms with van der Waals surface area (Å²) in [5.41, 5.74) is 1.03. The Morgan fingerprint density at radius 2 is 2.00 bits per heavy atom. The number of likely N-dealkylation sites (tertiary alicyclic amines) is 1. The minimum atomic E-state index is -0.190.